The van der Waals surface area contributed by atoms with Crippen molar-refractivity contribution in [2.24, 2.45) is 5.73 Å². The minimum atomic E-state index is -0.424. The maximum atomic E-state index is 13.9. The molecule has 0 aliphatic rings. The monoisotopic (exact) mass is 311 g/mol. The molecule has 2 rings (SSSR count). The van der Waals surface area contributed by atoms with Gasteiger partial charge in [0.15, 0.2) is 11.6 Å². The molecule has 0 amide bonds. The van der Waals surface area contributed by atoms with Gasteiger partial charge in [0.25, 0.3) is 0 Å². The summed E-state index contributed by atoms with van der Waals surface area (Å²) in [5.74, 6) is -0.238. The molecule has 0 radical (unpaired) electrons. The fourth-order valence-electron chi connectivity index (χ4n) is 2.09. The molecule has 1 aromatic heterocycles. The summed E-state index contributed by atoms with van der Waals surface area (Å²) in [6.45, 7) is 5.13. The first kappa shape index (κ1) is 15.8. The molecule has 1 aromatic carbocycles. The summed E-state index contributed by atoms with van der Waals surface area (Å²) in [4.78, 5) is 0. The molecule has 114 valence electrons. The highest BCUT2D eigenvalue weighted by Gasteiger charge is 2.15. The van der Waals surface area contributed by atoms with Crippen LogP contribution in [0.3, 0.4) is 0 Å². The average molecular weight is 312 g/mol. The predicted octanol–water partition coefficient (Wildman–Crippen LogP) is 3.30. The van der Waals surface area contributed by atoms with Crippen molar-refractivity contribution in [1.82, 2.24) is 9.78 Å². The SMILES string of the molecule is CCc1nn(CC)c(COc2ccc(CN)cc2F)c1Cl. The standard InChI is InChI=1S/C15H19ClFN3O/c1-3-12-15(16)13(20(4-2)19-12)9-21-14-6-5-10(8-18)7-11(14)17/h5-7H,3-4,8-9,18H2,1-2H3. The van der Waals surface area contributed by atoms with E-state index >= 15 is 0 Å². The van der Waals surface area contributed by atoms with Crippen LogP contribution in [0.25, 0.3) is 0 Å². The average Bonchev–Trinajstić information content (AvgIpc) is 2.81. The van der Waals surface area contributed by atoms with Crippen LogP contribution in [0.15, 0.2) is 18.2 Å². The van der Waals surface area contributed by atoms with Crippen LogP contribution in [0, 0.1) is 5.82 Å². The van der Waals surface area contributed by atoms with Gasteiger partial charge in [-0.3, -0.25) is 4.68 Å². The molecule has 1 heterocycles. The van der Waals surface area contributed by atoms with E-state index in [4.69, 9.17) is 22.1 Å². The quantitative estimate of drug-likeness (QED) is 0.890. The first-order valence-corrected chi connectivity index (χ1v) is 7.33. The third-order valence-corrected chi connectivity index (χ3v) is 3.73. The van der Waals surface area contributed by atoms with E-state index < -0.39 is 5.82 Å². The Morgan fingerprint density at radius 3 is 2.71 bits per heavy atom. The summed E-state index contributed by atoms with van der Waals surface area (Å²) in [6, 6.07) is 4.71. The van der Waals surface area contributed by atoms with Gasteiger partial charge in [0, 0.05) is 13.1 Å². The highest BCUT2D eigenvalue weighted by molar-refractivity contribution is 6.31. The van der Waals surface area contributed by atoms with Crippen molar-refractivity contribution in [3.05, 3.63) is 46.0 Å². The Morgan fingerprint density at radius 2 is 2.14 bits per heavy atom. The van der Waals surface area contributed by atoms with E-state index in [9.17, 15) is 4.39 Å². The third kappa shape index (κ3) is 3.36. The number of rotatable bonds is 6. The highest BCUT2D eigenvalue weighted by atomic mass is 35.5. The summed E-state index contributed by atoms with van der Waals surface area (Å²) in [6.07, 6.45) is 0.748. The zero-order chi connectivity index (χ0) is 15.4. The molecular weight excluding hydrogens is 293 g/mol. The zero-order valence-electron chi connectivity index (χ0n) is 12.2. The maximum Gasteiger partial charge on any atom is 0.165 e. The highest BCUT2D eigenvalue weighted by Crippen LogP contribution is 2.25. The number of hydrogen-bond acceptors (Lipinski definition) is 3. The van der Waals surface area contributed by atoms with Crippen LogP contribution in [0.1, 0.15) is 30.8 Å². The Hall–Kier alpha value is -1.59. The number of aromatic nitrogens is 2. The number of aryl methyl sites for hydroxylation is 2. The second kappa shape index (κ2) is 6.91. The summed E-state index contributed by atoms with van der Waals surface area (Å²) >= 11 is 6.29. The number of nitrogens with two attached hydrogens (primary N) is 1. The van der Waals surface area contributed by atoms with Crippen LogP contribution in [-0.4, -0.2) is 9.78 Å². The van der Waals surface area contributed by atoms with Crippen molar-refractivity contribution in [3.8, 4) is 5.75 Å². The molecule has 2 N–H and O–H groups in total. The minimum Gasteiger partial charge on any atom is -0.484 e. The number of hydrogen-bond donors (Lipinski definition) is 1. The van der Waals surface area contributed by atoms with Crippen molar-refractivity contribution in [2.75, 3.05) is 0 Å². The molecule has 0 saturated heterocycles. The van der Waals surface area contributed by atoms with Gasteiger partial charge < -0.3 is 10.5 Å². The zero-order valence-corrected chi connectivity index (χ0v) is 13.0. The molecule has 0 unspecified atom stereocenters. The second-order valence-corrected chi connectivity index (χ2v) is 5.01. The van der Waals surface area contributed by atoms with Crippen LogP contribution in [0.5, 0.6) is 5.75 Å². The number of halogens is 2. The second-order valence-electron chi connectivity index (χ2n) is 4.63. The summed E-state index contributed by atoms with van der Waals surface area (Å²) < 4.78 is 21.2. The van der Waals surface area contributed by atoms with Gasteiger partial charge in [0.05, 0.1) is 16.4 Å². The van der Waals surface area contributed by atoms with E-state index in [1.54, 1.807) is 16.8 Å². The Bertz CT molecular complexity index is 628. The Balaban J connectivity index is 2.18. The predicted molar refractivity (Wildman–Crippen MR) is 80.9 cm³/mol. The van der Waals surface area contributed by atoms with Gasteiger partial charge in [-0.05, 0) is 31.0 Å². The van der Waals surface area contributed by atoms with Crippen LogP contribution in [0.2, 0.25) is 5.02 Å². The minimum absolute atomic E-state index is 0.179. The molecular formula is C15H19ClFN3O. The lowest BCUT2D eigenvalue weighted by Gasteiger charge is -2.10. The first-order valence-electron chi connectivity index (χ1n) is 6.96. The molecule has 0 saturated carbocycles. The van der Waals surface area contributed by atoms with Crippen LogP contribution < -0.4 is 10.5 Å². The molecule has 6 heteroatoms. The van der Waals surface area contributed by atoms with Gasteiger partial charge in [0.2, 0.25) is 0 Å². The normalized spacial score (nSPS) is 10.9. The fraction of sp³-hybridized carbons (Fsp3) is 0.400. The van der Waals surface area contributed by atoms with Gasteiger partial charge in [-0.15, -0.1) is 0 Å². The smallest absolute Gasteiger partial charge is 0.165 e. The fourth-order valence-corrected chi connectivity index (χ4v) is 2.41. The molecule has 0 spiro atoms. The van der Waals surface area contributed by atoms with Gasteiger partial charge in [-0.25, -0.2) is 4.39 Å². The Labute approximate surface area is 128 Å². The third-order valence-electron chi connectivity index (χ3n) is 3.29. The molecule has 4 nitrogen and oxygen atoms in total. The lowest BCUT2D eigenvalue weighted by Crippen LogP contribution is -2.07. The topological polar surface area (TPSA) is 53.1 Å². The molecule has 2 aromatic rings. The van der Waals surface area contributed by atoms with Gasteiger partial charge in [-0.2, -0.15) is 5.10 Å². The molecule has 0 aliphatic carbocycles. The lowest BCUT2D eigenvalue weighted by molar-refractivity contribution is 0.278. The maximum absolute atomic E-state index is 13.9. The van der Waals surface area contributed by atoms with Crippen LogP contribution in [0.4, 0.5) is 4.39 Å². The number of ether oxygens (including phenoxy) is 1. The van der Waals surface area contributed by atoms with Crippen LogP contribution in [-0.2, 0) is 26.1 Å². The summed E-state index contributed by atoms with van der Waals surface area (Å²) in [5, 5.41) is 5.00. The van der Waals surface area contributed by atoms with Crippen molar-refractivity contribution >= 4 is 11.6 Å². The molecule has 0 atom stereocenters. The van der Waals surface area contributed by atoms with Gasteiger partial charge >= 0.3 is 0 Å². The molecule has 21 heavy (non-hydrogen) atoms. The molecule has 0 aliphatic heterocycles. The van der Waals surface area contributed by atoms with E-state index in [0.717, 1.165) is 23.4 Å². The molecule has 0 fully saturated rings. The molecule has 0 bridgehead atoms. The number of nitrogens with zero attached hydrogens (tertiary/aromatic N) is 2. The van der Waals surface area contributed by atoms with E-state index in [0.29, 0.717) is 18.1 Å². The van der Waals surface area contributed by atoms with E-state index in [2.05, 4.69) is 5.10 Å². The Morgan fingerprint density at radius 1 is 1.38 bits per heavy atom. The van der Waals surface area contributed by atoms with Crippen LogP contribution >= 0.6 is 11.6 Å². The first-order chi connectivity index (χ1) is 10.1. The lowest BCUT2D eigenvalue weighted by atomic mass is 10.2. The summed E-state index contributed by atoms with van der Waals surface area (Å²) in [7, 11) is 0. The van der Waals surface area contributed by atoms with Crippen molar-refractivity contribution in [2.45, 2.75) is 40.0 Å². The largest absolute Gasteiger partial charge is 0.484 e. The summed E-state index contributed by atoms with van der Waals surface area (Å²) in [5.41, 5.74) is 7.79. The number of benzene rings is 1. The van der Waals surface area contributed by atoms with E-state index in [-0.39, 0.29) is 12.4 Å². The van der Waals surface area contributed by atoms with E-state index in [1.807, 2.05) is 13.8 Å². The van der Waals surface area contributed by atoms with E-state index in [1.165, 1.54) is 6.07 Å². The van der Waals surface area contributed by atoms with Crippen molar-refractivity contribution in [1.29, 1.82) is 0 Å². The van der Waals surface area contributed by atoms with Gasteiger partial charge in [-0.1, -0.05) is 24.6 Å². The van der Waals surface area contributed by atoms with Gasteiger partial charge in [0.1, 0.15) is 6.61 Å². The van der Waals surface area contributed by atoms with Crippen molar-refractivity contribution < 1.29 is 9.13 Å². The Kier molecular flexibility index (Phi) is 5.20. The van der Waals surface area contributed by atoms with Crippen molar-refractivity contribution in [3.63, 3.8) is 0 Å².